The highest BCUT2D eigenvalue weighted by Gasteiger charge is 2.37. The van der Waals surface area contributed by atoms with Gasteiger partial charge in [-0.1, -0.05) is 30.3 Å². The van der Waals surface area contributed by atoms with Crippen LogP contribution < -0.4 is 10.1 Å². The van der Waals surface area contributed by atoms with Crippen molar-refractivity contribution in [1.29, 1.82) is 0 Å². The fourth-order valence-corrected chi connectivity index (χ4v) is 4.77. The molecule has 2 aromatic rings. The third-order valence-electron chi connectivity index (χ3n) is 6.82. The van der Waals surface area contributed by atoms with Crippen LogP contribution in [0.5, 0.6) is 5.75 Å². The molecule has 2 aliphatic heterocycles. The summed E-state index contributed by atoms with van der Waals surface area (Å²) >= 11 is 0. The van der Waals surface area contributed by atoms with E-state index in [0.29, 0.717) is 17.9 Å². The highest BCUT2D eigenvalue weighted by molar-refractivity contribution is 6.01. The third kappa shape index (κ3) is 5.89. The maximum Gasteiger partial charge on any atom is 0.255 e. The second-order valence-electron chi connectivity index (χ2n) is 9.20. The van der Waals surface area contributed by atoms with Gasteiger partial charge in [0.1, 0.15) is 24.7 Å². The Morgan fingerprint density at radius 1 is 1.17 bits per heavy atom. The van der Waals surface area contributed by atoms with Crippen molar-refractivity contribution in [2.45, 2.75) is 57.5 Å². The van der Waals surface area contributed by atoms with E-state index in [-0.39, 0.29) is 37.3 Å². The number of aliphatic hydroxyl groups excluding tert-OH is 1. The van der Waals surface area contributed by atoms with Gasteiger partial charge >= 0.3 is 0 Å². The molecule has 2 aliphatic rings. The summed E-state index contributed by atoms with van der Waals surface area (Å²) in [6.45, 7) is 3.33. The first-order chi connectivity index (χ1) is 17.0. The van der Waals surface area contributed by atoms with Gasteiger partial charge in [-0.25, -0.2) is 0 Å². The lowest BCUT2D eigenvalue weighted by Crippen LogP contribution is -2.46. The fraction of sp³-hybridized carbons (Fsp3) is 0.444. The molecule has 0 bridgehead atoms. The number of rotatable bonds is 10. The van der Waals surface area contributed by atoms with Gasteiger partial charge in [0.2, 0.25) is 5.91 Å². The van der Waals surface area contributed by atoms with Crippen LogP contribution in [0, 0.1) is 0 Å². The number of piperidine rings is 1. The standard InChI is InChI=1S/C27H33N3O5/c1-28-26(33)24(5-3-15-31)30-17-23-22(27(30)34)4-2-6-25(23)35-18-20-9-7-19(8-10-20)16-29-13-11-21(32)12-14-29/h2,4,6-10,15,21,24,32H,3,5,11-14,16-18H2,1H3,(H,28,33). The van der Waals surface area contributed by atoms with Crippen molar-refractivity contribution in [3.8, 4) is 5.75 Å². The number of benzene rings is 2. The number of ether oxygens (including phenoxy) is 1. The van der Waals surface area contributed by atoms with Crippen LogP contribution in [0.3, 0.4) is 0 Å². The van der Waals surface area contributed by atoms with E-state index in [1.807, 2.05) is 6.07 Å². The number of nitrogens with zero attached hydrogens (tertiary/aromatic N) is 2. The summed E-state index contributed by atoms with van der Waals surface area (Å²) in [7, 11) is 1.53. The number of aldehydes is 1. The lowest BCUT2D eigenvalue weighted by atomic mass is 10.1. The molecule has 0 radical (unpaired) electrons. The molecule has 1 atom stereocenters. The summed E-state index contributed by atoms with van der Waals surface area (Å²) in [4.78, 5) is 40.2. The highest BCUT2D eigenvalue weighted by Crippen LogP contribution is 2.33. The van der Waals surface area contributed by atoms with Crippen molar-refractivity contribution in [2.75, 3.05) is 20.1 Å². The van der Waals surface area contributed by atoms with Gasteiger partial charge in [-0.3, -0.25) is 14.5 Å². The molecule has 1 fully saturated rings. The van der Waals surface area contributed by atoms with E-state index >= 15 is 0 Å². The van der Waals surface area contributed by atoms with Crippen molar-refractivity contribution in [1.82, 2.24) is 15.1 Å². The van der Waals surface area contributed by atoms with E-state index in [9.17, 15) is 19.5 Å². The van der Waals surface area contributed by atoms with Crippen LogP contribution in [-0.2, 0) is 29.3 Å². The molecule has 2 aromatic carbocycles. The Morgan fingerprint density at radius 3 is 2.57 bits per heavy atom. The molecule has 0 aliphatic carbocycles. The number of aliphatic hydroxyl groups is 1. The first-order valence-corrected chi connectivity index (χ1v) is 12.2. The van der Waals surface area contributed by atoms with Gasteiger partial charge in [-0.15, -0.1) is 0 Å². The van der Waals surface area contributed by atoms with E-state index in [1.54, 1.807) is 12.1 Å². The lowest BCUT2D eigenvalue weighted by Gasteiger charge is -2.29. The molecule has 2 N–H and O–H groups in total. The first-order valence-electron chi connectivity index (χ1n) is 12.2. The average Bonchev–Trinajstić information content (AvgIpc) is 3.21. The fourth-order valence-electron chi connectivity index (χ4n) is 4.77. The van der Waals surface area contributed by atoms with Crippen LogP contribution in [0.4, 0.5) is 0 Å². The molecule has 2 amide bonds. The molecule has 8 heteroatoms. The van der Waals surface area contributed by atoms with E-state index in [4.69, 9.17) is 4.74 Å². The van der Waals surface area contributed by atoms with E-state index in [0.717, 1.165) is 49.9 Å². The zero-order valence-electron chi connectivity index (χ0n) is 20.1. The van der Waals surface area contributed by atoms with Gasteiger partial charge in [0.05, 0.1) is 12.6 Å². The zero-order chi connectivity index (χ0) is 24.8. The highest BCUT2D eigenvalue weighted by atomic mass is 16.5. The Bertz CT molecular complexity index is 1050. The largest absolute Gasteiger partial charge is 0.489 e. The Labute approximate surface area is 205 Å². The normalized spacial score (nSPS) is 17.2. The predicted molar refractivity (Wildman–Crippen MR) is 131 cm³/mol. The van der Waals surface area contributed by atoms with Crippen LogP contribution in [0.25, 0.3) is 0 Å². The van der Waals surface area contributed by atoms with Gasteiger partial charge in [0.15, 0.2) is 0 Å². The Kier molecular flexibility index (Phi) is 8.15. The number of hydrogen-bond acceptors (Lipinski definition) is 6. The Balaban J connectivity index is 1.39. The SMILES string of the molecule is CNC(=O)C(CCC=O)N1Cc2c(OCc3ccc(CN4CCC(O)CC4)cc3)cccc2C1=O. The molecule has 35 heavy (non-hydrogen) atoms. The van der Waals surface area contributed by atoms with Gasteiger partial charge in [0.25, 0.3) is 5.91 Å². The summed E-state index contributed by atoms with van der Waals surface area (Å²) in [6, 6.07) is 13.0. The summed E-state index contributed by atoms with van der Waals surface area (Å²) in [5.74, 6) is 0.121. The van der Waals surface area contributed by atoms with Crippen LogP contribution >= 0.6 is 0 Å². The molecule has 1 saturated heterocycles. The number of fused-ring (bicyclic) bond motifs is 1. The van der Waals surface area contributed by atoms with E-state index in [1.165, 1.54) is 17.5 Å². The molecule has 2 heterocycles. The molecular weight excluding hydrogens is 446 g/mol. The van der Waals surface area contributed by atoms with Crippen molar-refractivity contribution in [3.63, 3.8) is 0 Å². The van der Waals surface area contributed by atoms with Crippen molar-refractivity contribution in [3.05, 3.63) is 64.7 Å². The summed E-state index contributed by atoms with van der Waals surface area (Å²) < 4.78 is 6.11. The number of carbonyl (C=O) groups is 3. The number of likely N-dealkylation sites (N-methyl/N-ethyl adjacent to an activating group) is 1. The third-order valence-corrected chi connectivity index (χ3v) is 6.82. The number of hydrogen-bond donors (Lipinski definition) is 2. The van der Waals surface area contributed by atoms with Gasteiger partial charge in [0, 0.05) is 44.2 Å². The van der Waals surface area contributed by atoms with Gasteiger partial charge in [-0.05, 0) is 42.5 Å². The molecular formula is C27H33N3O5. The number of likely N-dealkylation sites (tertiary alicyclic amines) is 1. The molecule has 0 aromatic heterocycles. The number of amides is 2. The van der Waals surface area contributed by atoms with Gasteiger partial charge < -0.3 is 24.9 Å². The smallest absolute Gasteiger partial charge is 0.255 e. The maximum atomic E-state index is 13.1. The lowest BCUT2D eigenvalue weighted by molar-refractivity contribution is -0.125. The van der Waals surface area contributed by atoms with Crippen molar-refractivity contribution < 1.29 is 24.2 Å². The summed E-state index contributed by atoms with van der Waals surface area (Å²) in [6.07, 6.45) is 2.74. The molecule has 0 saturated carbocycles. The maximum absolute atomic E-state index is 13.1. The minimum absolute atomic E-state index is 0.168. The van der Waals surface area contributed by atoms with Gasteiger partial charge in [-0.2, -0.15) is 0 Å². The quantitative estimate of drug-likeness (QED) is 0.508. The second-order valence-corrected chi connectivity index (χ2v) is 9.20. The first kappa shape index (κ1) is 24.9. The Hall–Kier alpha value is -3.23. The number of nitrogens with one attached hydrogen (secondary N) is 1. The summed E-state index contributed by atoms with van der Waals surface area (Å²) in [5, 5.41) is 12.3. The molecule has 4 rings (SSSR count). The van der Waals surface area contributed by atoms with E-state index < -0.39 is 6.04 Å². The van der Waals surface area contributed by atoms with Crippen molar-refractivity contribution >= 4 is 18.1 Å². The number of carbonyl (C=O) groups excluding carboxylic acids is 3. The predicted octanol–water partition coefficient (Wildman–Crippen LogP) is 2.27. The second kappa shape index (κ2) is 11.5. The van der Waals surface area contributed by atoms with Crippen LogP contribution in [-0.4, -0.2) is 65.3 Å². The Morgan fingerprint density at radius 2 is 1.89 bits per heavy atom. The van der Waals surface area contributed by atoms with E-state index in [2.05, 4.69) is 34.5 Å². The summed E-state index contributed by atoms with van der Waals surface area (Å²) in [5.41, 5.74) is 3.55. The molecule has 1 unspecified atom stereocenters. The van der Waals surface area contributed by atoms with Crippen LogP contribution in [0.2, 0.25) is 0 Å². The minimum atomic E-state index is -0.700. The van der Waals surface area contributed by atoms with Crippen LogP contribution in [0.1, 0.15) is 52.7 Å². The monoisotopic (exact) mass is 479 g/mol. The molecule has 186 valence electrons. The average molecular weight is 480 g/mol. The van der Waals surface area contributed by atoms with Crippen molar-refractivity contribution in [2.24, 2.45) is 0 Å². The molecule has 8 nitrogen and oxygen atoms in total. The van der Waals surface area contributed by atoms with Crippen LogP contribution in [0.15, 0.2) is 42.5 Å². The zero-order valence-corrected chi connectivity index (χ0v) is 20.1. The molecule has 0 spiro atoms. The minimum Gasteiger partial charge on any atom is -0.489 e. The topological polar surface area (TPSA) is 99.2 Å².